The molecule has 0 saturated carbocycles. The molecule has 2 aromatic rings. The van der Waals surface area contributed by atoms with Gasteiger partial charge in [0, 0.05) is 5.56 Å². The summed E-state index contributed by atoms with van der Waals surface area (Å²) in [4.78, 5) is 22.4. The van der Waals surface area contributed by atoms with E-state index in [9.17, 15) is 14.9 Å². The first-order valence-corrected chi connectivity index (χ1v) is 5.92. The molecule has 2 rings (SSSR count). The van der Waals surface area contributed by atoms with Crippen molar-refractivity contribution < 1.29 is 23.6 Å². The molecule has 20 heavy (non-hydrogen) atoms. The Kier molecular flexibility index (Phi) is 3.60. The van der Waals surface area contributed by atoms with Crippen LogP contribution in [0.15, 0.2) is 16.5 Å². The first-order valence-electron chi connectivity index (χ1n) is 5.92. The zero-order valence-corrected chi connectivity index (χ0v) is 11.3. The van der Waals surface area contributed by atoms with Crippen LogP contribution in [0.25, 0.3) is 11.0 Å². The van der Waals surface area contributed by atoms with E-state index >= 15 is 0 Å². The third kappa shape index (κ3) is 2.07. The van der Waals surface area contributed by atoms with Gasteiger partial charge in [0.25, 0.3) is 0 Å². The monoisotopic (exact) mass is 279 g/mol. The van der Waals surface area contributed by atoms with E-state index < -0.39 is 10.9 Å². The molecule has 0 N–H and O–H groups in total. The molecule has 0 fully saturated rings. The van der Waals surface area contributed by atoms with Gasteiger partial charge in [-0.05, 0) is 26.0 Å². The molecule has 1 aromatic heterocycles. The molecule has 0 aliphatic rings. The number of methoxy groups -OCH3 is 1. The van der Waals surface area contributed by atoms with Gasteiger partial charge in [0.2, 0.25) is 5.76 Å². The molecule has 0 aliphatic heterocycles. The van der Waals surface area contributed by atoms with Gasteiger partial charge in [-0.25, -0.2) is 4.79 Å². The molecule has 0 aliphatic carbocycles. The lowest BCUT2D eigenvalue weighted by molar-refractivity contribution is -0.384. The van der Waals surface area contributed by atoms with Gasteiger partial charge in [-0.15, -0.1) is 0 Å². The highest BCUT2D eigenvalue weighted by Gasteiger charge is 2.28. The number of carbonyl (C=O) groups excluding carboxylic acids is 1. The van der Waals surface area contributed by atoms with E-state index in [0.29, 0.717) is 5.56 Å². The highest BCUT2D eigenvalue weighted by molar-refractivity contribution is 6.00. The highest BCUT2D eigenvalue weighted by atomic mass is 16.6. The number of esters is 1. The quantitative estimate of drug-likeness (QED) is 0.485. The second-order valence-electron chi connectivity index (χ2n) is 4.02. The van der Waals surface area contributed by atoms with Crippen LogP contribution in [0.5, 0.6) is 5.75 Å². The normalized spacial score (nSPS) is 10.6. The van der Waals surface area contributed by atoms with Gasteiger partial charge in [0.1, 0.15) is 11.0 Å². The van der Waals surface area contributed by atoms with Crippen LogP contribution in [0.1, 0.15) is 23.0 Å². The van der Waals surface area contributed by atoms with Crippen molar-refractivity contribution in [1.29, 1.82) is 0 Å². The Balaban J connectivity index is 2.75. The Morgan fingerprint density at radius 2 is 2.15 bits per heavy atom. The Bertz CT molecular complexity index is 688. The maximum atomic E-state index is 11.8. The van der Waals surface area contributed by atoms with Gasteiger partial charge >= 0.3 is 11.7 Å². The van der Waals surface area contributed by atoms with Crippen LogP contribution in [0.3, 0.4) is 0 Å². The van der Waals surface area contributed by atoms with Gasteiger partial charge in [0.15, 0.2) is 5.75 Å². The number of carbonyl (C=O) groups is 1. The largest absolute Gasteiger partial charge is 0.490 e. The summed E-state index contributed by atoms with van der Waals surface area (Å²) in [7, 11) is 1.34. The number of nitro benzene ring substituents is 1. The second kappa shape index (κ2) is 5.20. The summed E-state index contributed by atoms with van der Waals surface area (Å²) in [5, 5.41) is 11.5. The number of nitrogens with zero attached hydrogens (tertiary/aromatic N) is 1. The fourth-order valence-corrected chi connectivity index (χ4v) is 2.04. The highest BCUT2D eigenvalue weighted by Crippen LogP contribution is 2.39. The maximum absolute atomic E-state index is 11.8. The van der Waals surface area contributed by atoms with Crippen LogP contribution in [-0.4, -0.2) is 24.6 Å². The molecule has 0 spiro atoms. The Morgan fingerprint density at radius 1 is 1.45 bits per heavy atom. The van der Waals surface area contributed by atoms with E-state index in [1.807, 2.05) is 0 Å². The third-order valence-corrected chi connectivity index (χ3v) is 2.89. The van der Waals surface area contributed by atoms with E-state index in [1.165, 1.54) is 19.2 Å². The van der Waals surface area contributed by atoms with Crippen LogP contribution in [0.2, 0.25) is 0 Å². The predicted octanol–water partition coefficient (Wildman–Crippen LogP) is 2.83. The van der Waals surface area contributed by atoms with Crippen molar-refractivity contribution >= 4 is 22.6 Å². The summed E-state index contributed by atoms with van der Waals surface area (Å²) >= 11 is 0. The fourth-order valence-electron chi connectivity index (χ4n) is 2.04. The molecule has 0 saturated heterocycles. The number of benzene rings is 1. The molecular formula is C13H13NO6. The third-order valence-electron chi connectivity index (χ3n) is 2.89. The average Bonchev–Trinajstić information content (AvgIpc) is 2.75. The van der Waals surface area contributed by atoms with Crippen LogP contribution in [0.4, 0.5) is 5.69 Å². The number of furan rings is 1. The molecule has 106 valence electrons. The Hall–Kier alpha value is -2.57. The lowest BCUT2D eigenvalue weighted by Crippen LogP contribution is -2.04. The van der Waals surface area contributed by atoms with Gasteiger partial charge in [-0.2, -0.15) is 0 Å². The number of hydrogen-bond acceptors (Lipinski definition) is 6. The van der Waals surface area contributed by atoms with Crippen LogP contribution < -0.4 is 4.74 Å². The molecule has 0 amide bonds. The maximum Gasteiger partial charge on any atom is 0.374 e. The van der Waals surface area contributed by atoms with E-state index in [-0.39, 0.29) is 34.8 Å². The lowest BCUT2D eigenvalue weighted by Gasteiger charge is -2.02. The SMILES string of the molecule is CCOC(=O)c1oc2ccc(OC)c([N+](=O)[O-])c2c1C. The number of aryl methyl sites for hydroxylation is 1. The molecule has 1 heterocycles. The van der Waals surface area contributed by atoms with E-state index in [2.05, 4.69) is 0 Å². The lowest BCUT2D eigenvalue weighted by atomic mass is 10.1. The summed E-state index contributed by atoms with van der Waals surface area (Å²) in [6.07, 6.45) is 0. The number of rotatable bonds is 4. The summed E-state index contributed by atoms with van der Waals surface area (Å²) < 4.78 is 15.2. The second-order valence-corrected chi connectivity index (χ2v) is 4.02. The summed E-state index contributed by atoms with van der Waals surface area (Å²) in [5.74, 6) is -0.561. The summed E-state index contributed by atoms with van der Waals surface area (Å²) in [5.41, 5.74) is 0.393. The molecule has 0 bridgehead atoms. The van der Waals surface area contributed by atoms with E-state index in [1.54, 1.807) is 13.8 Å². The first-order chi connectivity index (χ1) is 9.51. The van der Waals surface area contributed by atoms with Gasteiger partial charge < -0.3 is 13.9 Å². The Labute approximate surface area is 114 Å². The minimum absolute atomic E-state index is 0.0294. The number of nitro groups is 1. The van der Waals surface area contributed by atoms with Crippen molar-refractivity contribution in [1.82, 2.24) is 0 Å². The van der Waals surface area contributed by atoms with E-state index in [4.69, 9.17) is 13.9 Å². The fraction of sp³-hybridized carbons (Fsp3) is 0.308. The van der Waals surface area contributed by atoms with Crippen molar-refractivity contribution in [3.63, 3.8) is 0 Å². The minimum Gasteiger partial charge on any atom is -0.490 e. The topological polar surface area (TPSA) is 91.8 Å². The van der Waals surface area contributed by atoms with E-state index in [0.717, 1.165) is 0 Å². The zero-order chi connectivity index (χ0) is 14.9. The summed E-state index contributed by atoms with van der Waals surface area (Å²) in [6, 6.07) is 2.95. The summed E-state index contributed by atoms with van der Waals surface area (Å²) in [6.45, 7) is 3.44. The van der Waals surface area contributed by atoms with Crippen molar-refractivity contribution in [2.45, 2.75) is 13.8 Å². The molecule has 0 radical (unpaired) electrons. The van der Waals surface area contributed by atoms with Gasteiger partial charge in [-0.1, -0.05) is 0 Å². The molecular weight excluding hydrogens is 266 g/mol. The first kappa shape index (κ1) is 13.9. The van der Waals surface area contributed by atoms with Crippen LogP contribution >= 0.6 is 0 Å². The zero-order valence-electron chi connectivity index (χ0n) is 11.3. The molecule has 0 atom stereocenters. The number of hydrogen-bond donors (Lipinski definition) is 0. The van der Waals surface area contributed by atoms with Crippen LogP contribution in [0, 0.1) is 17.0 Å². The molecule has 7 nitrogen and oxygen atoms in total. The standard InChI is InChI=1S/C13H13NO6/c1-4-19-13(15)12-7(2)10-8(20-12)5-6-9(18-3)11(10)14(16)17/h5-6H,4H2,1-3H3. The predicted molar refractivity (Wildman–Crippen MR) is 70.1 cm³/mol. The van der Waals surface area contributed by atoms with Crippen molar-refractivity contribution in [2.75, 3.05) is 13.7 Å². The number of ether oxygens (including phenoxy) is 2. The molecule has 0 unspecified atom stereocenters. The van der Waals surface area contributed by atoms with Gasteiger partial charge in [-0.3, -0.25) is 10.1 Å². The van der Waals surface area contributed by atoms with Crippen LogP contribution in [-0.2, 0) is 4.74 Å². The smallest absolute Gasteiger partial charge is 0.374 e. The molecule has 1 aromatic carbocycles. The number of fused-ring (bicyclic) bond motifs is 1. The van der Waals surface area contributed by atoms with Crippen molar-refractivity contribution in [3.8, 4) is 5.75 Å². The Morgan fingerprint density at radius 3 is 2.70 bits per heavy atom. The minimum atomic E-state index is -0.644. The molecule has 7 heteroatoms. The van der Waals surface area contributed by atoms with Gasteiger partial charge in [0.05, 0.1) is 18.6 Å². The van der Waals surface area contributed by atoms with Crippen molar-refractivity contribution in [3.05, 3.63) is 33.6 Å². The van der Waals surface area contributed by atoms with Crippen molar-refractivity contribution in [2.24, 2.45) is 0 Å². The average molecular weight is 279 g/mol.